The van der Waals surface area contributed by atoms with Crippen molar-refractivity contribution >= 4 is 6.09 Å². The van der Waals surface area contributed by atoms with E-state index in [0.717, 1.165) is 38.3 Å². The monoisotopic (exact) mass is 294 g/mol. The molecule has 2 heterocycles. The normalized spacial score (nSPS) is 19.0. The molecule has 2 rings (SSSR count). The summed E-state index contributed by atoms with van der Waals surface area (Å²) in [6.45, 7) is 8.96. The van der Waals surface area contributed by atoms with Gasteiger partial charge in [-0.2, -0.15) is 0 Å². The van der Waals surface area contributed by atoms with Crippen molar-refractivity contribution in [3.8, 4) is 0 Å². The number of aryl methyl sites for hydroxylation is 1. The summed E-state index contributed by atoms with van der Waals surface area (Å²) >= 11 is 0. The van der Waals surface area contributed by atoms with E-state index in [0.29, 0.717) is 5.92 Å². The molecule has 1 fully saturated rings. The van der Waals surface area contributed by atoms with Gasteiger partial charge in [0.05, 0.1) is 12.0 Å². The van der Waals surface area contributed by atoms with Gasteiger partial charge in [-0.15, -0.1) is 0 Å². The van der Waals surface area contributed by atoms with Gasteiger partial charge in [0, 0.05) is 39.4 Å². The molecule has 0 spiro atoms. The Balaban J connectivity index is 1.70. The minimum Gasteiger partial charge on any atom is -0.444 e. The lowest BCUT2D eigenvalue weighted by molar-refractivity contribution is 0.0288. The Morgan fingerprint density at radius 1 is 1.52 bits per heavy atom. The van der Waals surface area contributed by atoms with Gasteiger partial charge in [0.2, 0.25) is 0 Å². The molecule has 1 aromatic rings. The van der Waals surface area contributed by atoms with Crippen LogP contribution in [0.25, 0.3) is 0 Å². The zero-order valence-electron chi connectivity index (χ0n) is 13.4. The second kappa shape index (κ2) is 6.47. The SMILES string of the molecule is Cn1cncc1CNCC1CCN(C(=O)OC(C)(C)C)C1. The largest absolute Gasteiger partial charge is 0.444 e. The van der Waals surface area contributed by atoms with E-state index >= 15 is 0 Å². The maximum atomic E-state index is 12.0. The Morgan fingerprint density at radius 3 is 2.90 bits per heavy atom. The van der Waals surface area contributed by atoms with Gasteiger partial charge in [-0.3, -0.25) is 0 Å². The van der Waals surface area contributed by atoms with E-state index in [1.807, 2.05) is 43.5 Å². The number of imidazole rings is 1. The second-order valence-corrected chi connectivity index (χ2v) is 6.71. The van der Waals surface area contributed by atoms with Crippen molar-refractivity contribution in [1.82, 2.24) is 19.8 Å². The van der Waals surface area contributed by atoms with Crippen molar-refractivity contribution in [3.63, 3.8) is 0 Å². The topological polar surface area (TPSA) is 59.4 Å². The van der Waals surface area contributed by atoms with Crippen LogP contribution in [0, 0.1) is 5.92 Å². The molecule has 0 radical (unpaired) electrons. The van der Waals surface area contributed by atoms with Crippen molar-refractivity contribution in [2.24, 2.45) is 13.0 Å². The number of carbonyl (C=O) groups excluding carboxylic acids is 1. The molecule has 1 aliphatic heterocycles. The Kier molecular flexibility index (Phi) is 4.88. The van der Waals surface area contributed by atoms with Crippen LogP contribution in [0.4, 0.5) is 4.79 Å². The summed E-state index contributed by atoms with van der Waals surface area (Å²) in [5.41, 5.74) is 0.740. The summed E-state index contributed by atoms with van der Waals surface area (Å²) in [5, 5.41) is 3.44. The van der Waals surface area contributed by atoms with Gasteiger partial charge in [-0.1, -0.05) is 0 Å². The van der Waals surface area contributed by atoms with E-state index in [-0.39, 0.29) is 6.09 Å². The van der Waals surface area contributed by atoms with Gasteiger partial charge in [0.25, 0.3) is 0 Å². The van der Waals surface area contributed by atoms with Gasteiger partial charge in [0.15, 0.2) is 0 Å². The van der Waals surface area contributed by atoms with Crippen LogP contribution in [0.5, 0.6) is 0 Å². The van der Waals surface area contributed by atoms with Gasteiger partial charge in [-0.05, 0) is 33.1 Å². The predicted octanol–water partition coefficient (Wildman–Crippen LogP) is 1.77. The molecule has 1 aromatic heterocycles. The highest BCUT2D eigenvalue weighted by Gasteiger charge is 2.29. The third-order valence-electron chi connectivity index (χ3n) is 3.59. The summed E-state index contributed by atoms with van der Waals surface area (Å²) in [5.74, 6) is 0.491. The molecule has 118 valence electrons. The third-order valence-corrected chi connectivity index (χ3v) is 3.59. The first-order valence-corrected chi connectivity index (χ1v) is 7.49. The van der Waals surface area contributed by atoms with Gasteiger partial charge >= 0.3 is 6.09 Å². The van der Waals surface area contributed by atoms with E-state index in [1.165, 1.54) is 0 Å². The number of hydrogen-bond acceptors (Lipinski definition) is 4. The van der Waals surface area contributed by atoms with E-state index in [1.54, 1.807) is 6.33 Å². The maximum Gasteiger partial charge on any atom is 0.410 e. The molecule has 1 saturated heterocycles. The van der Waals surface area contributed by atoms with Crippen LogP contribution in [0.15, 0.2) is 12.5 Å². The number of aromatic nitrogens is 2. The zero-order chi connectivity index (χ0) is 15.5. The molecule has 0 aliphatic carbocycles. The molecule has 1 amide bonds. The molecule has 1 aliphatic rings. The van der Waals surface area contributed by atoms with Crippen LogP contribution >= 0.6 is 0 Å². The Hall–Kier alpha value is -1.56. The summed E-state index contributed by atoms with van der Waals surface area (Å²) < 4.78 is 7.41. The summed E-state index contributed by atoms with van der Waals surface area (Å²) in [4.78, 5) is 17.9. The average Bonchev–Trinajstić information content (AvgIpc) is 2.97. The molecule has 1 N–H and O–H groups in total. The number of likely N-dealkylation sites (tertiary alicyclic amines) is 1. The number of nitrogens with one attached hydrogen (secondary N) is 1. The lowest BCUT2D eigenvalue weighted by atomic mass is 10.1. The zero-order valence-corrected chi connectivity index (χ0v) is 13.4. The highest BCUT2D eigenvalue weighted by atomic mass is 16.6. The lowest BCUT2D eigenvalue weighted by Gasteiger charge is -2.24. The first-order chi connectivity index (χ1) is 9.85. The minimum atomic E-state index is -0.424. The van der Waals surface area contributed by atoms with E-state index < -0.39 is 5.60 Å². The van der Waals surface area contributed by atoms with Crippen LogP contribution in [0.1, 0.15) is 32.9 Å². The van der Waals surface area contributed by atoms with Crippen LogP contribution in [0.2, 0.25) is 0 Å². The second-order valence-electron chi connectivity index (χ2n) is 6.71. The Bertz CT molecular complexity index is 478. The quantitative estimate of drug-likeness (QED) is 0.919. The molecule has 6 heteroatoms. The lowest BCUT2D eigenvalue weighted by Crippen LogP contribution is -2.36. The smallest absolute Gasteiger partial charge is 0.410 e. The van der Waals surface area contributed by atoms with Crippen molar-refractivity contribution in [1.29, 1.82) is 0 Å². The van der Waals surface area contributed by atoms with E-state index in [4.69, 9.17) is 4.74 Å². The van der Waals surface area contributed by atoms with E-state index in [9.17, 15) is 4.79 Å². The highest BCUT2D eigenvalue weighted by Crippen LogP contribution is 2.19. The molecule has 0 bridgehead atoms. The molecule has 21 heavy (non-hydrogen) atoms. The predicted molar refractivity (Wildman–Crippen MR) is 80.8 cm³/mol. The summed E-state index contributed by atoms with van der Waals surface area (Å²) in [7, 11) is 1.99. The number of hydrogen-bond donors (Lipinski definition) is 1. The molecule has 1 atom stereocenters. The highest BCUT2D eigenvalue weighted by molar-refractivity contribution is 5.68. The minimum absolute atomic E-state index is 0.198. The number of ether oxygens (including phenoxy) is 1. The molecular weight excluding hydrogens is 268 g/mol. The molecule has 0 saturated carbocycles. The fourth-order valence-electron chi connectivity index (χ4n) is 2.45. The number of amides is 1. The fourth-order valence-corrected chi connectivity index (χ4v) is 2.45. The fraction of sp³-hybridized carbons (Fsp3) is 0.733. The molecule has 0 aromatic carbocycles. The van der Waals surface area contributed by atoms with Gasteiger partial charge < -0.3 is 19.5 Å². The summed E-state index contributed by atoms with van der Waals surface area (Å²) in [6.07, 6.45) is 4.50. The van der Waals surface area contributed by atoms with Crippen molar-refractivity contribution < 1.29 is 9.53 Å². The Morgan fingerprint density at radius 2 is 2.29 bits per heavy atom. The number of carbonyl (C=O) groups is 1. The maximum absolute atomic E-state index is 12.0. The van der Waals surface area contributed by atoms with Crippen molar-refractivity contribution in [3.05, 3.63) is 18.2 Å². The van der Waals surface area contributed by atoms with E-state index in [2.05, 4.69) is 10.3 Å². The molecular formula is C15H26N4O2. The Labute approximate surface area is 126 Å². The third kappa shape index (κ3) is 4.74. The van der Waals surface area contributed by atoms with Crippen molar-refractivity contribution in [2.75, 3.05) is 19.6 Å². The van der Waals surface area contributed by atoms with Gasteiger partial charge in [0.1, 0.15) is 5.60 Å². The molecule has 1 unspecified atom stereocenters. The van der Waals surface area contributed by atoms with Crippen LogP contribution < -0.4 is 5.32 Å². The number of nitrogens with zero attached hydrogens (tertiary/aromatic N) is 3. The summed E-state index contributed by atoms with van der Waals surface area (Å²) in [6, 6.07) is 0. The van der Waals surface area contributed by atoms with Crippen LogP contribution in [-0.4, -0.2) is 45.8 Å². The average molecular weight is 294 g/mol. The number of rotatable bonds is 4. The molecule has 6 nitrogen and oxygen atoms in total. The van der Waals surface area contributed by atoms with Crippen LogP contribution in [0.3, 0.4) is 0 Å². The first kappa shape index (κ1) is 15.8. The van der Waals surface area contributed by atoms with Crippen molar-refractivity contribution in [2.45, 2.75) is 39.3 Å². The van der Waals surface area contributed by atoms with Gasteiger partial charge in [-0.25, -0.2) is 9.78 Å². The standard InChI is InChI=1S/C15H26N4O2/c1-15(2,3)21-14(20)19-6-5-12(10-19)7-16-8-13-9-17-11-18(13)4/h9,11-12,16H,5-8,10H2,1-4H3. The van der Waals surface area contributed by atoms with Crippen LogP contribution in [-0.2, 0) is 18.3 Å². The first-order valence-electron chi connectivity index (χ1n) is 7.49.